The number of esters is 1. The molecule has 0 fully saturated rings. The molecule has 1 atom stereocenters. The Balaban J connectivity index is 2.46. The summed E-state index contributed by atoms with van der Waals surface area (Å²) in [5.41, 5.74) is 7.06. The predicted molar refractivity (Wildman–Crippen MR) is 65.1 cm³/mol. The number of aryl methyl sites for hydroxylation is 1. The molecule has 0 aliphatic carbocycles. The molecule has 96 valence electrons. The van der Waals surface area contributed by atoms with E-state index in [1.165, 1.54) is 7.11 Å². The van der Waals surface area contributed by atoms with Crippen LogP contribution in [0.4, 0.5) is 5.82 Å². The molecule has 1 unspecified atom stereocenters. The molecule has 2 rings (SSSR count). The first kappa shape index (κ1) is 12.2. The Kier molecular flexibility index (Phi) is 3.05. The number of rotatable bonds is 3. The summed E-state index contributed by atoms with van der Waals surface area (Å²) >= 11 is 0. The number of nitrogens with zero attached hydrogens (tertiary/aromatic N) is 3. The lowest BCUT2D eigenvalue weighted by atomic mass is 10.2. The second-order valence-corrected chi connectivity index (χ2v) is 3.96. The third kappa shape index (κ3) is 1.83. The highest BCUT2D eigenvalue weighted by atomic mass is 16.5. The van der Waals surface area contributed by atoms with Gasteiger partial charge in [-0.15, -0.1) is 0 Å². The van der Waals surface area contributed by atoms with Crippen molar-refractivity contribution in [3.63, 3.8) is 0 Å². The molecular weight excluding hydrogens is 234 g/mol. The molecule has 0 aliphatic heterocycles. The third-order valence-electron chi connectivity index (χ3n) is 2.89. The second kappa shape index (κ2) is 4.52. The number of carbonyl (C=O) groups is 1. The smallest absolute Gasteiger partial charge is 0.360 e. The van der Waals surface area contributed by atoms with Gasteiger partial charge in [0.2, 0.25) is 0 Å². The molecule has 2 aromatic heterocycles. The molecule has 7 nitrogen and oxygen atoms in total. The average Bonchev–Trinajstić information content (AvgIpc) is 2.96. The van der Waals surface area contributed by atoms with Crippen LogP contribution in [-0.2, 0) is 4.74 Å². The second-order valence-electron chi connectivity index (χ2n) is 3.96. The highest BCUT2D eigenvalue weighted by molar-refractivity contribution is 5.92. The van der Waals surface area contributed by atoms with Crippen LogP contribution in [0.3, 0.4) is 0 Å². The van der Waals surface area contributed by atoms with E-state index in [0.717, 1.165) is 5.56 Å². The van der Waals surface area contributed by atoms with Crippen LogP contribution in [0.2, 0.25) is 0 Å². The van der Waals surface area contributed by atoms with Gasteiger partial charge in [-0.3, -0.25) is 5.10 Å². The van der Waals surface area contributed by atoms with E-state index < -0.39 is 5.97 Å². The normalized spacial score (nSPS) is 12.4. The highest BCUT2D eigenvalue weighted by Crippen LogP contribution is 2.25. The third-order valence-corrected chi connectivity index (χ3v) is 2.89. The van der Waals surface area contributed by atoms with E-state index in [4.69, 9.17) is 5.73 Å². The molecule has 7 heteroatoms. The zero-order valence-corrected chi connectivity index (χ0v) is 10.5. The molecule has 0 radical (unpaired) electrons. The minimum absolute atomic E-state index is 0.0605. The summed E-state index contributed by atoms with van der Waals surface area (Å²) in [5, 5.41) is 6.64. The number of methoxy groups -OCH3 is 1. The van der Waals surface area contributed by atoms with Crippen molar-refractivity contribution in [3.05, 3.63) is 29.5 Å². The van der Waals surface area contributed by atoms with Crippen LogP contribution in [0.5, 0.6) is 0 Å². The quantitative estimate of drug-likeness (QED) is 0.787. The fourth-order valence-corrected chi connectivity index (χ4v) is 1.94. The van der Waals surface area contributed by atoms with E-state index in [1.54, 1.807) is 23.9 Å². The van der Waals surface area contributed by atoms with Crippen molar-refractivity contribution in [2.45, 2.75) is 19.9 Å². The summed E-state index contributed by atoms with van der Waals surface area (Å²) in [7, 11) is 1.30. The van der Waals surface area contributed by atoms with Gasteiger partial charge in [0.05, 0.1) is 19.3 Å². The Labute approximate surface area is 104 Å². The van der Waals surface area contributed by atoms with Gasteiger partial charge in [0, 0.05) is 11.8 Å². The van der Waals surface area contributed by atoms with Gasteiger partial charge in [0.1, 0.15) is 11.6 Å². The standard InChI is InChI=1S/C11H15N5O2/c1-6(8-4-13-14-5-8)16-7(2)15-9(10(16)12)11(17)18-3/h4-6H,12H2,1-3H3,(H,13,14). The van der Waals surface area contributed by atoms with Crippen LogP contribution in [0.15, 0.2) is 12.4 Å². The topological polar surface area (TPSA) is 98.8 Å². The molecule has 2 aromatic rings. The fraction of sp³-hybridized carbons (Fsp3) is 0.364. The molecule has 18 heavy (non-hydrogen) atoms. The van der Waals surface area contributed by atoms with Gasteiger partial charge < -0.3 is 15.0 Å². The highest BCUT2D eigenvalue weighted by Gasteiger charge is 2.22. The number of imidazole rings is 1. The van der Waals surface area contributed by atoms with Gasteiger partial charge in [-0.25, -0.2) is 9.78 Å². The van der Waals surface area contributed by atoms with Crippen molar-refractivity contribution in [2.24, 2.45) is 0 Å². The Morgan fingerprint density at radius 2 is 2.33 bits per heavy atom. The summed E-state index contributed by atoms with van der Waals surface area (Å²) in [6.07, 6.45) is 3.49. The van der Waals surface area contributed by atoms with E-state index in [0.29, 0.717) is 11.6 Å². The molecule has 0 aromatic carbocycles. The Morgan fingerprint density at radius 1 is 1.61 bits per heavy atom. The molecule has 3 N–H and O–H groups in total. The van der Waals surface area contributed by atoms with E-state index >= 15 is 0 Å². The number of aromatic nitrogens is 4. The zero-order chi connectivity index (χ0) is 13.3. The monoisotopic (exact) mass is 249 g/mol. The van der Waals surface area contributed by atoms with E-state index in [9.17, 15) is 4.79 Å². The number of nitrogens with two attached hydrogens (primary N) is 1. The van der Waals surface area contributed by atoms with Crippen LogP contribution in [0.1, 0.15) is 34.8 Å². The van der Waals surface area contributed by atoms with Gasteiger partial charge in [-0.2, -0.15) is 5.10 Å². The number of nitrogens with one attached hydrogen (secondary N) is 1. The minimum Gasteiger partial charge on any atom is -0.464 e. The first-order valence-corrected chi connectivity index (χ1v) is 5.47. The predicted octanol–water partition coefficient (Wildman–Crippen LogP) is 0.893. The number of H-pyrrole nitrogens is 1. The van der Waals surface area contributed by atoms with Crippen LogP contribution in [0, 0.1) is 6.92 Å². The number of anilines is 1. The molecular formula is C11H15N5O2. The first-order chi connectivity index (χ1) is 8.56. The Bertz CT molecular complexity index is 558. The van der Waals surface area contributed by atoms with Gasteiger partial charge in [0.25, 0.3) is 0 Å². The van der Waals surface area contributed by atoms with Gasteiger partial charge in [-0.1, -0.05) is 0 Å². The van der Waals surface area contributed by atoms with Gasteiger partial charge >= 0.3 is 5.97 Å². The molecule has 0 amide bonds. The average molecular weight is 249 g/mol. The molecule has 0 spiro atoms. The van der Waals surface area contributed by atoms with E-state index in [-0.39, 0.29) is 11.7 Å². The summed E-state index contributed by atoms with van der Waals surface area (Å²) in [4.78, 5) is 15.7. The van der Waals surface area contributed by atoms with Crippen molar-refractivity contribution in [1.82, 2.24) is 19.7 Å². The maximum atomic E-state index is 11.5. The van der Waals surface area contributed by atoms with Crippen molar-refractivity contribution >= 4 is 11.8 Å². The fourth-order valence-electron chi connectivity index (χ4n) is 1.94. The van der Waals surface area contributed by atoms with Crippen LogP contribution < -0.4 is 5.73 Å². The van der Waals surface area contributed by atoms with E-state index in [2.05, 4.69) is 19.9 Å². The van der Waals surface area contributed by atoms with Gasteiger partial charge in [-0.05, 0) is 13.8 Å². The summed E-state index contributed by atoms with van der Waals surface area (Å²) in [6, 6.07) is -0.0605. The molecule has 2 heterocycles. The number of hydrogen-bond donors (Lipinski definition) is 2. The van der Waals surface area contributed by atoms with Crippen LogP contribution in [0.25, 0.3) is 0 Å². The summed E-state index contributed by atoms with van der Waals surface area (Å²) < 4.78 is 6.42. The SMILES string of the molecule is COC(=O)c1nc(C)n(C(C)c2cn[nH]c2)c1N. The lowest BCUT2D eigenvalue weighted by Crippen LogP contribution is -2.12. The number of nitrogen functional groups attached to an aromatic ring is 1. The Hall–Kier alpha value is -2.31. The number of hydrogen-bond acceptors (Lipinski definition) is 5. The first-order valence-electron chi connectivity index (χ1n) is 5.47. The van der Waals surface area contributed by atoms with Crippen LogP contribution >= 0.6 is 0 Å². The van der Waals surface area contributed by atoms with Crippen molar-refractivity contribution in [2.75, 3.05) is 12.8 Å². The largest absolute Gasteiger partial charge is 0.464 e. The summed E-state index contributed by atoms with van der Waals surface area (Å²) in [5.74, 6) is 0.420. The van der Waals surface area contributed by atoms with Crippen LogP contribution in [-0.4, -0.2) is 32.8 Å². The Morgan fingerprint density at radius 3 is 2.89 bits per heavy atom. The molecule has 0 saturated heterocycles. The maximum Gasteiger partial charge on any atom is 0.360 e. The number of carbonyl (C=O) groups excluding carboxylic acids is 1. The van der Waals surface area contributed by atoms with Crippen molar-refractivity contribution in [1.29, 1.82) is 0 Å². The van der Waals surface area contributed by atoms with Gasteiger partial charge in [0.15, 0.2) is 5.69 Å². The maximum absolute atomic E-state index is 11.5. The molecule has 0 saturated carbocycles. The molecule has 0 aliphatic rings. The molecule has 0 bridgehead atoms. The minimum atomic E-state index is -0.534. The van der Waals surface area contributed by atoms with Crippen molar-refractivity contribution in [3.8, 4) is 0 Å². The lowest BCUT2D eigenvalue weighted by molar-refractivity contribution is 0.0595. The summed E-state index contributed by atoms with van der Waals surface area (Å²) in [6.45, 7) is 3.75. The number of ether oxygens (including phenoxy) is 1. The zero-order valence-electron chi connectivity index (χ0n) is 10.5. The lowest BCUT2D eigenvalue weighted by Gasteiger charge is -2.15. The van der Waals surface area contributed by atoms with Crippen molar-refractivity contribution < 1.29 is 9.53 Å². The number of aromatic amines is 1. The van der Waals surface area contributed by atoms with E-state index in [1.807, 2.05) is 6.92 Å².